The van der Waals surface area contributed by atoms with Crippen LogP contribution in [0.2, 0.25) is 0 Å². The van der Waals surface area contributed by atoms with Gasteiger partial charge < -0.3 is 5.32 Å². The Morgan fingerprint density at radius 2 is 1.82 bits per heavy atom. The van der Waals surface area contributed by atoms with E-state index in [1.165, 1.54) is 15.4 Å². The molecule has 0 aliphatic carbocycles. The van der Waals surface area contributed by atoms with E-state index in [0.29, 0.717) is 0 Å². The standard InChI is InChI=1S/C14H14BrNS/c1-16-10-11-5-7-13(8-6-11)17-14-4-2-3-12(15)9-14/h2-9,16H,10H2,1H3. The van der Waals surface area contributed by atoms with Crippen molar-refractivity contribution >= 4 is 27.7 Å². The highest BCUT2D eigenvalue weighted by Crippen LogP contribution is 2.29. The second kappa shape index (κ2) is 6.24. The van der Waals surface area contributed by atoms with Crippen LogP contribution in [0, 0.1) is 0 Å². The zero-order valence-corrected chi connectivity index (χ0v) is 12.0. The van der Waals surface area contributed by atoms with Crippen molar-refractivity contribution in [2.24, 2.45) is 0 Å². The Morgan fingerprint density at radius 3 is 2.47 bits per heavy atom. The SMILES string of the molecule is CNCc1ccc(Sc2cccc(Br)c2)cc1. The normalized spacial score (nSPS) is 10.5. The van der Waals surface area contributed by atoms with Crippen molar-refractivity contribution in [3.63, 3.8) is 0 Å². The van der Waals surface area contributed by atoms with Gasteiger partial charge in [0.15, 0.2) is 0 Å². The fourth-order valence-electron chi connectivity index (χ4n) is 1.55. The third-order valence-electron chi connectivity index (χ3n) is 2.34. The van der Waals surface area contributed by atoms with Crippen LogP contribution in [0.1, 0.15) is 5.56 Å². The molecule has 0 fully saturated rings. The molecule has 0 spiro atoms. The molecule has 0 aliphatic heterocycles. The van der Waals surface area contributed by atoms with Gasteiger partial charge in [0.2, 0.25) is 0 Å². The lowest BCUT2D eigenvalue weighted by molar-refractivity contribution is 0.817. The van der Waals surface area contributed by atoms with Crippen LogP contribution in [0.3, 0.4) is 0 Å². The van der Waals surface area contributed by atoms with E-state index in [0.717, 1.165) is 11.0 Å². The van der Waals surface area contributed by atoms with Crippen molar-refractivity contribution in [3.05, 3.63) is 58.6 Å². The Bertz CT molecular complexity index is 482. The average molecular weight is 308 g/mol. The van der Waals surface area contributed by atoms with Crippen LogP contribution in [0.25, 0.3) is 0 Å². The summed E-state index contributed by atoms with van der Waals surface area (Å²) in [5.41, 5.74) is 1.31. The Hall–Kier alpha value is -0.770. The zero-order valence-electron chi connectivity index (χ0n) is 9.61. The number of benzene rings is 2. The van der Waals surface area contributed by atoms with E-state index < -0.39 is 0 Å². The van der Waals surface area contributed by atoms with Gasteiger partial charge in [0.25, 0.3) is 0 Å². The Balaban J connectivity index is 2.08. The van der Waals surface area contributed by atoms with Gasteiger partial charge in [-0.05, 0) is 42.9 Å². The van der Waals surface area contributed by atoms with Crippen molar-refractivity contribution in [3.8, 4) is 0 Å². The highest BCUT2D eigenvalue weighted by atomic mass is 79.9. The fraction of sp³-hybridized carbons (Fsp3) is 0.143. The van der Waals surface area contributed by atoms with Gasteiger partial charge in [-0.25, -0.2) is 0 Å². The van der Waals surface area contributed by atoms with E-state index in [4.69, 9.17) is 0 Å². The molecule has 2 aromatic rings. The molecule has 2 aromatic carbocycles. The monoisotopic (exact) mass is 307 g/mol. The van der Waals surface area contributed by atoms with Crippen LogP contribution in [0.15, 0.2) is 62.8 Å². The summed E-state index contributed by atoms with van der Waals surface area (Å²) in [6.07, 6.45) is 0. The Kier molecular flexibility index (Phi) is 4.66. The summed E-state index contributed by atoms with van der Waals surface area (Å²) >= 11 is 5.26. The second-order valence-electron chi connectivity index (χ2n) is 3.73. The molecular formula is C14H14BrNS. The lowest BCUT2D eigenvalue weighted by atomic mass is 10.2. The molecule has 88 valence electrons. The second-order valence-corrected chi connectivity index (χ2v) is 5.80. The topological polar surface area (TPSA) is 12.0 Å². The van der Waals surface area contributed by atoms with Gasteiger partial charge in [-0.2, -0.15) is 0 Å². The lowest BCUT2D eigenvalue weighted by Gasteiger charge is -2.04. The predicted molar refractivity (Wildman–Crippen MR) is 77.5 cm³/mol. The Labute approximate surface area is 115 Å². The maximum absolute atomic E-state index is 3.49. The van der Waals surface area contributed by atoms with E-state index in [1.807, 2.05) is 13.1 Å². The zero-order chi connectivity index (χ0) is 12.1. The molecule has 0 saturated carbocycles. The quantitative estimate of drug-likeness (QED) is 0.903. The summed E-state index contributed by atoms with van der Waals surface area (Å²) in [5.74, 6) is 0. The van der Waals surface area contributed by atoms with E-state index >= 15 is 0 Å². The molecule has 0 aromatic heterocycles. The molecule has 3 heteroatoms. The first kappa shape index (κ1) is 12.7. The van der Waals surface area contributed by atoms with Crippen LogP contribution in [-0.2, 0) is 6.54 Å². The number of halogens is 1. The van der Waals surface area contributed by atoms with Crippen LogP contribution in [0.5, 0.6) is 0 Å². The van der Waals surface area contributed by atoms with Gasteiger partial charge in [-0.3, -0.25) is 0 Å². The molecule has 0 unspecified atom stereocenters. The fourth-order valence-corrected chi connectivity index (χ4v) is 2.97. The first-order valence-corrected chi connectivity index (χ1v) is 7.06. The number of hydrogen-bond donors (Lipinski definition) is 1. The lowest BCUT2D eigenvalue weighted by Crippen LogP contribution is -2.04. The minimum absolute atomic E-state index is 0.918. The van der Waals surface area contributed by atoms with Crippen molar-refractivity contribution in [2.45, 2.75) is 16.3 Å². The molecular weight excluding hydrogens is 294 g/mol. The van der Waals surface area contributed by atoms with Crippen molar-refractivity contribution < 1.29 is 0 Å². The molecule has 0 radical (unpaired) electrons. The molecule has 1 nitrogen and oxygen atoms in total. The Morgan fingerprint density at radius 1 is 1.06 bits per heavy atom. The molecule has 2 rings (SSSR count). The highest BCUT2D eigenvalue weighted by molar-refractivity contribution is 9.10. The summed E-state index contributed by atoms with van der Waals surface area (Å²) in [6.45, 7) is 0.918. The number of hydrogen-bond acceptors (Lipinski definition) is 2. The molecule has 0 atom stereocenters. The predicted octanol–water partition coefficient (Wildman–Crippen LogP) is 4.32. The van der Waals surface area contributed by atoms with Crippen LogP contribution >= 0.6 is 27.7 Å². The van der Waals surface area contributed by atoms with Gasteiger partial charge in [0.1, 0.15) is 0 Å². The van der Waals surface area contributed by atoms with Gasteiger partial charge in [0.05, 0.1) is 0 Å². The van der Waals surface area contributed by atoms with E-state index in [1.54, 1.807) is 11.8 Å². The van der Waals surface area contributed by atoms with Crippen molar-refractivity contribution in [2.75, 3.05) is 7.05 Å². The summed E-state index contributed by atoms with van der Waals surface area (Å²) < 4.78 is 1.12. The highest BCUT2D eigenvalue weighted by Gasteiger charge is 1.98. The molecule has 0 saturated heterocycles. The van der Waals surface area contributed by atoms with Crippen LogP contribution < -0.4 is 5.32 Å². The summed E-state index contributed by atoms with van der Waals surface area (Å²) in [4.78, 5) is 2.52. The van der Waals surface area contributed by atoms with Crippen molar-refractivity contribution in [1.82, 2.24) is 5.32 Å². The van der Waals surface area contributed by atoms with Crippen LogP contribution in [-0.4, -0.2) is 7.05 Å². The first-order valence-electron chi connectivity index (χ1n) is 5.45. The number of rotatable bonds is 4. The average Bonchev–Trinajstić information content (AvgIpc) is 2.32. The summed E-state index contributed by atoms with van der Waals surface area (Å²) in [7, 11) is 1.96. The molecule has 0 heterocycles. The van der Waals surface area contributed by atoms with Gasteiger partial charge in [0, 0.05) is 20.8 Å². The molecule has 0 bridgehead atoms. The maximum atomic E-state index is 3.49. The smallest absolute Gasteiger partial charge is 0.0202 e. The maximum Gasteiger partial charge on any atom is 0.0202 e. The molecule has 0 aliphatic rings. The first-order chi connectivity index (χ1) is 8.28. The molecule has 17 heavy (non-hydrogen) atoms. The van der Waals surface area contributed by atoms with Gasteiger partial charge in [-0.15, -0.1) is 0 Å². The summed E-state index contributed by atoms with van der Waals surface area (Å²) in [6, 6.07) is 17.0. The minimum atomic E-state index is 0.918. The molecule has 1 N–H and O–H groups in total. The van der Waals surface area contributed by atoms with E-state index in [9.17, 15) is 0 Å². The van der Waals surface area contributed by atoms with Crippen molar-refractivity contribution in [1.29, 1.82) is 0 Å². The van der Waals surface area contributed by atoms with Crippen LogP contribution in [0.4, 0.5) is 0 Å². The summed E-state index contributed by atoms with van der Waals surface area (Å²) in [5, 5.41) is 3.15. The third kappa shape index (κ3) is 3.87. The van der Waals surface area contributed by atoms with Gasteiger partial charge >= 0.3 is 0 Å². The minimum Gasteiger partial charge on any atom is -0.316 e. The van der Waals surface area contributed by atoms with E-state index in [-0.39, 0.29) is 0 Å². The van der Waals surface area contributed by atoms with E-state index in [2.05, 4.69) is 63.7 Å². The number of nitrogens with one attached hydrogen (secondary N) is 1. The van der Waals surface area contributed by atoms with Gasteiger partial charge in [-0.1, -0.05) is 45.9 Å². The molecule has 0 amide bonds. The largest absolute Gasteiger partial charge is 0.316 e. The third-order valence-corrected chi connectivity index (χ3v) is 3.83.